The van der Waals surface area contributed by atoms with Gasteiger partial charge < -0.3 is 0 Å². The topological polar surface area (TPSA) is 34.9 Å². The van der Waals surface area contributed by atoms with Gasteiger partial charge in [-0.2, -0.15) is 0 Å². The lowest BCUT2D eigenvalue weighted by Gasteiger charge is -2.12. The van der Waals surface area contributed by atoms with Gasteiger partial charge in [-0.3, -0.25) is 9.36 Å². The smallest absolute Gasteiger partial charge is 0.267 e. The van der Waals surface area contributed by atoms with Gasteiger partial charge in [-0.05, 0) is 30.2 Å². The van der Waals surface area contributed by atoms with Gasteiger partial charge in [0.15, 0.2) is 5.16 Å². The van der Waals surface area contributed by atoms with Crippen LogP contribution in [-0.4, -0.2) is 9.55 Å². The van der Waals surface area contributed by atoms with E-state index < -0.39 is 5.82 Å². The lowest BCUT2D eigenvalue weighted by atomic mass is 10.2. The van der Waals surface area contributed by atoms with Gasteiger partial charge in [0.1, 0.15) is 10.6 Å². The number of nitrogens with zero attached hydrogens (tertiary/aromatic N) is 2. The van der Waals surface area contributed by atoms with Crippen molar-refractivity contribution in [3.05, 3.63) is 87.3 Å². The monoisotopic (exact) mass is 396 g/mol. The van der Waals surface area contributed by atoms with Gasteiger partial charge >= 0.3 is 0 Å². The number of thioether (sulfide) groups is 1. The van der Waals surface area contributed by atoms with E-state index in [1.165, 1.54) is 33.7 Å². The number of rotatable bonds is 5. The molecule has 0 fully saturated rings. The molecule has 2 aromatic heterocycles. The maximum atomic E-state index is 14.5. The normalized spacial score (nSPS) is 11.2. The molecule has 27 heavy (non-hydrogen) atoms. The molecule has 2 heterocycles. The zero-order valence-electron chi connectivity index (χ0n) is 14.7. The van der Waals surface area contributed by atoms with E-state index in [9.17, 15) is 9.18 Å². The van der Waals surface area contributed by atoms with Crippen molar-refractivity contribution in [2.75, 3.05) is 0 Å². The fourth-order valence-electron chi connectivity index (χ4n) is 2.85. The number of aromatic nitrogens is 2. The summed E-state index contributed by atoms with van der Waals surface area (Å²) in [5.41, 5.74) is 1.13. The van der Waals surface area contributed by atoms with E-state index in [1.54, 1.807) is 18.2 Å². The minimum Gasteiger partial charge on any atom is -0.268 e. The SMILES string of the molecule is CCc1cc2c(=O)n(-c3ccccc3F)c(SCc3ccccc3)nc2s1. The molecular weight excluding hydrogens is 379 g/mol. The summed E-state index contributed by atoms with van der Waals surface area (Å²) in [4.78, 5) is 19.7. The second-order valence-corrected chi connectivity index (χ2v) is 8.10. The molecule has 3 nitrogen and oxygen atoms in total. The van der Waals surface area contributed by atoms with Gasteiger partial charge in [-0.15, -0.1) is 11.3 Å². The minimum atomic E-state index is -0.437. The third-order valence-corrected chi connectivity index (χ3v) is 6.42. The Bertz CT molecular complexity index is 1150. The van der Waals surface area contributed by atoms with Crippen molar-refractivity contribution in [3.63, 3.8) is 0 Å². The molecule has 0 unspecified atom stereocenters. The summed E-state index contributed by atoms with van der Waals surface area (Å²) in [5.74, 6) is 0.215. The number of benzene rings is 2. The Morgan fingerprint density at radius 3 is 2.59 bits per heavy atom. The third kappa shape index (κ3) is 3.55. The van der Waals surface area contributed by atoms with Crippen LogP contribution in [0.5, 0.6) is 0 Å². The summed E-state index contributed by atoms with van der Waals surface area (Å²) in [6, 6.07) is 18.2. The zero-order chi connectivity index (χ0) is 18.8. The van der Waals surface area contributed by atoms with Crippen LogP contribution in [0.4, 0.5) is 4.39 Å². The highest BCUT2D eigenvalue weighted by atomic mass is 32.2. The Kier molecular flexibility index (Phi) is 5.09. The molecule has 0 N–H and O–H groups in total. The van der Waals surface area contributed by atoms with Crippen LogP contribution in [0.25, 0.3) is 15.9 Å². The molecule has 2 aromatic carbocycles. The fraction of sp³-hybridized carbons (Fsp3) is 0.143. The average Bonchev–Trinajstić information content (AvgIpc) is 3.12. The van der Waals surface area contributed by atoms with Crippen LogP contribution in [0, 0.1) is 5.82 Å². The first-order valence-corrected chi connectivity index (χ1v) is 10.4. The molecule has 0 spiro atoms. The number of halogens is 1. The summed E-state index contributed by atoms with van der Waals surface area (Å²) < 4.78 is 15.9. The van der Waals surface area contributed by atoms with Crippen LogP contribution in [0.15, 0.2) is 70.6 Å². The van der Waals surface area contributed by atoms with Crippen molar-refractivity contribution >= 4 is 33.3 Å². The van der Waals surface area contributed by atoms with Crippen molar-refractivity contribution < 1.29 is 4.39 Å². The van der Waals surface area contributed by atoms with E-state index in [0.717, 1.165) is 16.9 Å². The number of hydrogen-bond acceptors (Lipinski definition) is 4. The molecule has 0 saturated carbocycles. The van der Waals surface area contributed by atoms with Crippen LogP contribution >= 0.6 is 23.1 Å². The van der Waals surface area contributed by atoms with Gasteiger partial charge in [0, 0.05) is 10.6 Å². The highest BCUT2D eigenvalue weighted by molar-refractivity contribution is 7.98. The summed E-state index contributed by atoms with van der Waals surface area (Å²) >= 11 is 2.97. The molecular formula is C21H17FN2OS2. The van der Waals surface area contributed by atoms with Gasteiger partial charge in [-0.25, -0.2) is 9.37 Å². The van der Waals surface area contributed by atoms with Crippen molar-refractivity contribution in [1.82, 2.24) is 9.55 Å². The molecule has 0 bridgehead atoms. The first-order valence-electron chi connectivity index (χ1n) is 8.64. The summed E-state index contributed by atoms with van der Waals surface area (Å²) in [7, 11) is 0. The molecule has 0 radical (unpaired) electrons. The molecule has 4 rings (SSSR count). The summed E-state index contributed by atoms with van der Waals surface area (Å²) in [6.07, 6.45) is 0.840. The highest BCUT2D eigenvalue weighted by Gasteiger charge is 2.17. The van der Waals surface area contributed by atoms with Crippen LogP contribution in [0.2, 0.25) is 0 Å². The molecule has 0 aliphatic heterocycles. The third-order valence-electron chi connectivity index (χ3n) is 4.24. The lowest BCUT2D eigenvalue weighted by Crippen LogP contribution is -2.22. The van der Waals surface area contributed by atoms with Crippen molar-refractivity contribution in [3.8, 4) is 5.69 Å². The first kappa shape index (κ1) is 17.9. The second kappa shape index (κ2) is 7.66. The Labute approximate surface area is 164 Å². The maximum absolute atomic E-state index is 14.5. The Morgan fingerprint density at radius 2 is 1.85 bits per heavy atom. The number of thiophene rings is 1. The van der Waals surface area contributed by atoms with Crippen LogP contribution in [-0.2, 0) is 12.2 Å². The number of para-hydroxylation sites is 1. The first-order chi connectivity index (χ1) is 13.2. The quantitative estimate of drug-likeness (QED) is 0.333. The number of hydrogen-bond donors (Lipinski definition) is 0. The second-order valence-electron chi connectivity index (χ2n) is 6.05. The van der Waals surface area contributed by atoms with E-state index >= 15 is 0 Å². The highest BCUT2D eigenvalue weighted by Crippen LogP contribution is 2.29. The Hall–Kier alpha value is -2.44. The van der Waals surface area contributed by atoms with E-state index in [0.29, 0.717) is 21.1 Å². The fourth-order valence-corrected chi connectivity index (χ4v) is 4.82. The van der Waals surface area contributed by atoms with Crippen molar-refractivity contribution in [1.29, 1.82) is 0 Å². The zero-order valence-corrected chi connectivity index (χ0v) is 16.3. The Morgan fingerprint density at radius 1 is 1.11 bits per heavy atom. The van der Waals surface area contributed by atoms with Crippen LogP contribution in [0.1, 0.15) is 17.4 Å². The van der Waals surface area contributed by atoms with Crippen molar-refractivity contribution in [2.24, 2.45) is 0 Å². The summed E-state index contributed by atoms with van der Waals surface area (Å²) in [5, 5.41) is 1.05. The molecule has 136 valence electrons. The van der Waals surface area contributed by atoms with E-state index in [1.807, 2.05) is 43.3 Å². The summed E-state index contributed by atoms with van der Waals surface area (Å²) in [6.45, 7) is 2.05. The largest absolute Gasteiger partial charge is 0.268 e. The van der Waals surface area contributed by atoms with E-state index in [-0.39, 0.29) is 11.2 Å². The van der Waals surface area contributed by atoms with E-state index in [4.69, 9.17) is 4.98 Å². The van der Waals surface area contributed by atoms with Crippen LogP contribution in [0.3, 0.4) is 0 Å². The van der Waals surface area contributed by atoms with Gasteiger partial charge in [0.25, 0.3) is 5.56 Å². The molecule has 6 heteroatoms. The Balaban J connectivity index is 1.88. The average molecular weight is 397 g/mol. The molecule has 4 aromatic rings. The molecule has 0 saturated heterocycles. The number of fused-ring (bicyclic) bond motifs is 1. The minimum absolute atomic E-state index is 0.225. The predicted octanol–water partition coefficient (Wildman–Crippen LogP) is 5.44. The lowest BCUT2D eigenvalue weighted by molar-refractivity contribution is 0.608. The van der Waals surface area contributed by atoms with Gasteiger partial charge in [0.05, 0.1) is 11.1 Å². The standard InChI is InChI=1S/C21H17FN2OS2/c1-2-15-12-16-19(27-15)23-21(26-13-14-8-4-3-5-9-14)24(20(16)25)18-11-7-6-10-17(18)22/h3-12H,2,13H2,1H3. The van der Waals surface area contributed by atoms with Gasteiger partial charge in [0.2, 0.25) is 0 Å². The molecule has 0 aliphatic rings. The van der Waals surface area contributed by atoms with E-state index in [2.05, 4.69) is 0 Å². The maximum Gasteiger partial charge on any atom is 0.267 e. The van der Waals surface area contributed by atoms with Crippen molar-refractivity contribution in [2.45, 2.75) is 24.3 Å². The molecule has 0 atom stereocenters. The molecule has 0 aliphatic carbocycles. The molecule has 0 amide bonds. The van der Waals surface area contributed by atoms with Crippen LogP contribution < -0.4 is 5.56 Å². The van der Waals surface area contributed by atoms with Gasteiger partial charge in [-0.1, -0.05) is 61.2 Å². The predicted molar refractivity (Wildman–Crippen MR) is 111 cm³/mol. The number of aryl methyl sites for hydroxylation is 1.